The Morgan fingerprint density at radius 2 is 2.35 bits per heavy atom. The van der Waals surface area contributed by atoms with Crippen LogP contribution in [0.3, 0.4) is 0 Å². The number of fused-ring (bicyclic) bond motifs is 1. The molecule has 2 rings (SSSR count). The van der Waals surface area contributed by atoms with Crippen molar-refractivity contribution in [1.29, 1.82) is 0 Å². The number of carbonyl (C=O) groups is 2. The average Bonchev–Trinajstić information content (AvgIpc) is 2.30. The maximum Gasteiger partial charge on any atom is 0.262 e. The van der Waals surface area contributed by atoms with Crippen LogP contribution in [-0.2, 0) is 9.59 Å². The lowest BCUT2D eigenvalue weighted by Gasteiger charge is -2.20. The monoisotopic (exact) mass is 234 g/mol. The van der Waals surface area contributed by atoms with Crippen molar-refractivity contribution in [3.63, 3.8) is 0 Å². The van der Waals surface area contributed by atoms with Gasteiger partial charge in [-0.25, -0.2) is 0 Å². The minimum absolute atomic E-state index is 0.0133. The summed E-state index contributed by atoms with van der Waals surface area (Å²) in [6, 6.07) is 5.27. The Morgan fingerprint density at radius 1 is 1.53 bits per heavy atom. The van der Waals surface area contributed by atoms with Crippen LogP contribution in [0, 0.1) is 0 Å². The Hall–Kier alpha value is -2.04. The second kappa shape index (κ2) is 4.86. The lowest BCUT2D eigenvalue weighted by atomic mass is 10.2. The van der Waals surface area contributed by atoms with Gasteiger partial charge in [0, 0.05) is 6.42 Å². The first kappa shape index (κ1) is 11.4. The first-order valence-electron chi connectivity index (χ1n) is 5.56. The fraction of sp³-hybridized carbons (Fsp3) is 0.333. The molecular formula is C12H14N2O3. The lowest BCUT2D eigenvalue weighted by molar-refractivity contribution is -0.119. The maximum absolute atomic E-state index is 11.5. The number of ether oxygens (including phenoxy) is 1. The van der Waals surface area contributed by atoms with Crippen LogP contribution in [-0.4, -0.2) is 18.4 Å². The minimum Gasteiger partial charge on any atom is -0.481 e. The summed E-state index contributed by atoms with van der Waals surface area (Å²) in [5.74, 6) is 0.300. The molecule has 90 valence electrons. The van der Waals surface area contributed by atoms with Gasteiger partial charge in [-0.3, -0.25) is 9.59 Å². The average molecular weight is 234 g/mol. The standard InChI is InChI=1S/C12H14N2O3/c1-2-4-10(15)13-8-5-3-6-9-12(8)14-11(16)7-17-9/h3,5-6H,2,4,7H2,1H3,(H,13,15)(H,14,16). The van der Waals surface area contributed by atoms with Crippen LogP contribution in [0.15, 0.2) is 18.2 Å². The zero-order chi connectivity index (χ0) is 12.3. The van der Waals surface area contributed by atoms with Gasteiger partial charge in [-0.15, -0.1) is 0 Å². The summed E-state index contributed by atoms with van der Waals surface area (Å²) in [6.07, 6.45) is 1.24. The fourth-order valence-electron chi connectivity index (χ4n) is 1.64. The molecule has 0 saturated heterocycles. The molecule has 0 spiro atoms. The van der Waals surface area contributed by atoms with Crippen molar-refractivity contribution in [2.45, 2.75) is 19.8 Å². The highest BCUT2D eigenvalue weighted by molar-refractivity contribution is 6.03. The zero-order valence-electron chi connectivity index (χ0n) is 9.58. The van der Waals surface area contributed by atoms with Crippen molar-refractivity contribution < 1.29 is 14.3 Å². The quantitative estimate of drug-likeness (QED) is 0.837. The minimum atomic E-state index is -0.213. The van der Waals surface area contributed by atoms with E-state index in [1.165, 1.54) is 0 Å². The molecule has 0 fully saturated rings. The smallest absolute Gasteiger partial charge is 0.262 e. The molecule has 0 saturated carbocycles. The third kappa shape index (κ3) is 2.55. The van der Waals surface area contributed by atoms with E-state index in [0.717, 1.165) is 6.42 Å². The van der Waals surface area contributed by atoms with E-state index in [9.17, 15) is 9.59 Å². The number of rotatable bonds is 3. The third-order valence-electron chi connectivity index (χ3n) is 2.40. The van der Waals surface area contributed by atoms with Crippen molar-refractivity contribution in [2.24, 2.45) is 0 Å². The van der Waals surface area contributed by atoms with E-state index in [1.807, 2.05) is 6.92 Å². The molecule has 5 nitrogen and oxygen atoms in total. The molecule has 2 amide bonds. The van der Waals surface area contributed by atoms with Gasteiger partial charge in [0.2, 0.25) is 5.91 Å². The Bertz CT molecular complexity index is 457. The molecule has 0 bridgehead atoms. The molecule has 1 aliphatic rings. The molecule has 2 N–H and O–H groups in total. The Morgan fingerprint density at radius 3 is 3.12 bits per heavy atom. The van der Waals surface area contributed by atoms with Gasteiger partial charge in [0.1, 0.15) is 11.4 Å². The van der Waals surface area contributed by atoms with Crippen LogP contribution >= 0.6 is 0 Å². The topological polar surface area (TPSA) is 67.4 Å². The van der Waals surface area contributed by atoms with E-state index in [0.29, 0.717) is 23.5 Å². The van der Waals surface area contributed by atoms with E-state index in [4.69, 9.17) is 4.74 Å². The van der Waals surface area contributed by atoms with E-state index in [-0.39, 0.29) is 18.4 Å². The van der Waals surface area contributed by atoms with Crippen LogP contribution in [0.1, 0.15) is 19.8 Å². The summed E-state index contributed by atoms with van der Waals surface area (Å²) in [5, 5.41) is 5.46. The SMILES string of the molecule is CCCC(=O)Nc1cccc2c1NC(=O)CO2. The second-order valence-corrected chi connectivity index (χ2v) is 3.81. The zero-order valence-corrected chi connectivity index (χ0v) is 9.58. The number of anilines is 2. The van der Waals surface area contributed by atoms with Gasteiger partial charge in [0.25, 0.3) is 5.91 Å². The molecule has 0 unspecified atom stereocenters. The highest BCUT2D eigenvalue weighted by Crippen LogP contribution is 2.34. The molecule has 1 heterocycles. The predicted octanol–water partition coefficient (Wildman–Crippen LogP) is 1.76. The number of hydrogen-bond donors (Lipinski definition) is 2. The number of para-hydroxylation sites is 1. The molecule has 17 heavy (non-hydrogen) atoms. The fourth-order valence-corrected chi connectivity index (χ4v) is 1.64. The van der Waals surface area contributed by atoms with E-state index in [2.05, 4.69) is 10.6 Å². The molecule has 1 aliphatic heterocycles. The summed E-state index contributed by atoms with van der Waals surface area (Å²) in [6.45, 7) is 1.95. The molecular weight excluding hydrogens is 220 g/mol. The number of carbonyl (C=O) groups excluding carboxylic acids is 2. The molecule has 0 aromatic heterocycles. The number of nitrogens with one attached hydrogen (secondary N) is 2. The molecule has 1 aromatic carbocycles. The second-order valence-electron chi connectivity index (χ2n) is 3.81. The Labute approximate surface area is 99.2 Å². The number of amides is 2. The first-order chi connectivity index (χ1) is 8.20. The van der Waals surface area contributed by atoms with Crippen molar-refractivity contribution in [3.8, 4) is 5.75 Å². The van der Waals surface area contributed by atoms with Gasteiger partial charge in [-0.1, -0.05) is 13.0 Å². The van der Waals surface area contributed by atoms with E-state index < -0.39 is 0 Å². The van der Waals surface area contributed by atoms with Crippen LogP contribution in [0.2, 0.25) is 0 Å². The highest BCUT2D eigenvalue weighted by atomic mass is 16.5. The molecule has 0 radical (unpaired) electrons. The summed E-state index contributed by atoms with van der Waals surface area (Å²) >= 11 is 0. The third-order valence-corrected chi connectivity index (χ3v) is 2.40. The van der Waals surface area contributed by atoms with Crippen molar-refractivity contribution in [3.05, 3.63) is 18.2 Å². The molecule has 0 atom stereocenters. The molecule has 5 heteroatoms. The van der Waals surface area contributed by atoms with Gasteiger partial charge in [0.15, 0.2) is 6.61 Å². The summed E-state index contributed by atoms with van der Waals surface area (Å²) in [7, 11) is 0. The van der Waals surface area contributed by atoms with Gasteiger partial charge in [-0.2, -0.15) is 0 Å². The summed E-state index contributed by atoms with van der Waals surface area (Å²) in [5.41, 5.74) is 1.11. The summed E-state index contributed by atoms with van der Waals surface area (Å²) < 4.78 is 5.25. The van der Waals surface area contributed by atoms with Gasteiger partial charge in [-0.05, 0) is 18.6 Å². The van der Waals surface area contributed by atoms with Gasteiger partial charge < -0.3 is 15.4 Å². The van der Waals surface area contributed by atoms with Gasteiger partial charge >= 0.3 is 0 Å². The van der Waals surface area contributed by atoms with Crippen molar-refractivity contribution >= 4 is 23.2 Å². The van der Waals surface area contributed by atoms with Crippen LogP contribution in [0.4, 0.5) is 11.4 Å². The normalized spacial score (nSPS) is 13.4. The number of benzene rings is 1. The van der Waals surface area contributed by atoms with E-state index >= 15 is 0 Å². The van der Waals surface area contributed by atoms with Crippen molar-refractivity contribution in [2.75, 3.05) is 17.2 Å². The van der Waals surface area contributed by atoms with E-state index in [1.54, 1.807) is 18.2 Å². The van der Waals surface area contributed by atoms with Crippen LogP contribution < -0.4 is 15.4 Å². The Kier molecular flexibility index (Phi) is 3.27. The number of hydrogen-bond acceptors (Lipinski definition) is 3. The lowest BCUT2D eigenvalue weighted by Crippen LogP contribution is -2.26. The first-order valence-corrected chi connectivity index (χ1v) is 5.56. The summed E-state index contributed by atoms with van der Waals surface area (Å²) in [4.78, 5) is 22.8. The highest BCUT2D eigenvalue weighted by Gasteiger charge is 2.19. The maximum atomic E-state index is 11.5. The largest absolute Gasteiger partial charge is 0.481 e. The van der Waals surface area contributed by atoms with Crippen molar-refractivity contribution in [1.82, 2.24) is 0 Å². The predicted molar refractivity (Wildman–Crippen MR) is 64.1 cm³/mol. The molecule has 0 aliphatic carbocycles. The van der Waals surface area contributed by atoms with Crippen LogP contribution in [0.25, 0.3) is 0 Å². The Balaban J connectivity index is 2.23. The van der Waals surface area contributed by atoms with Gasteiger partial charge in [0.05, 0.1) is 5.69 Å². The van der Waals surface area contributed by atoms with Crippen LogP contribution in [0.5, 0.6) is 5.75 Å². The molecule has 1 aromatic rings.